The van der Waals surface area contributed by atoms with Crippen LogP contribution in [0.4, 0.5) is 0 Å². The van der Waals surface area contributed by atoms with Crippen molar-refractivity contribution >= 4 is 107 Å². The molecule has 0 aliphatic carbocycles. The molecule has 0 unspecified atom stereocenters. The van der Waals surface area contributed by atoms with E-state index in [0.717, 1.165) is 11.4 Å². The second-order valence-electron chi connectivity index (χ2n) is 18.4. The maximum Gasteiger partial charge on any atom is 0.0641 e. The average Bonchev–Trinajstić information content (AvgIpc) is 4.18. The summed E-state index contributed by atoms with van der Waals surface area (Å²) in [5.41, 5.74) is 16.6. The van der Waals surface area contributed by atoms with Gasteiger partial charge in [0.1, 0.15) is 0 Å². The van der Waals surface area contributed by atoms with Crippen molar-refractivity contribution in [1.82, 2.24) is 9.13 Å². The Hall–Kier alpha value is -8.54. The Morgan fingerprint density at radius 2 is 0.643 bits per heavy atom. The van der Waals surface area contributed by atoms with Crippen molar-refractivity contribution in [2.75, 3.05) is 0 Å². The number of benzene rings is 11. The summed E-state index contributed by atoms with van der Waals surface area (Å²) >= 11 is 3.73. The van der Waals surface area contributed by atoms with Gasteiger partial charge in [-0.15, -0.1) is 22.7 Å². The highest BCUT2D eigenvalue weighted by atomic mass is 32.1. The summed E-state index contributed by atoms with van der Waals surface area (Å²) in [5, 5.41) is 10.2. The number of rotatable bonds is 6. The predicted octanol–water partition coefficient (Wildman–Crippen LogP) is 19.3. The van der Waals surface area contributed by atoms with Crippen molar-refractivity contribution in [2.24, 2.45) is 0 Å². The molecule has 0 fully saturated rings. The fraction of sp³-hybridized carbons (Fsp3) is 0. The van der Waals surface area contributed by atoms with Crippen LogP contribution < -0.4 is 0 Å². The van der Waals surface area contributed by atoms with Crippen molar-refractivity contribution < 1.29 is 0 Å². The van der Waals surface area contributed by atoms with Gasteiger partial charge in [-0.05, 0) is 136 Å². The quantitative estimate of drug-likeness (QED) is 0.157. The van der Waals surface area contributed by atoms with E-state index in [2.05, 4.69) is 252 Å². The zero-order chi connectivity index (χ0) is 45.9. The molecule has 4 aromatic heterocycles. The van der Waals surface area contributed by atoms with E-state index in [1.54, 1.807) is 0 Å². The summed E-state index contributed by atoms with van der Waals surface area (Å²) in [6, 6.07) is 90.2. The maximum atomic E-state index is 2.54. The van der Waals surface area contributed by atoms with Gasteiger partial charge in [-0.1, -0.05) is 152 Å². The van der Waals surface area contributed by atoms with Gasteiger partial charge in [0.15, 0.2) is 0 Å². The van der Waals surface area contributed by atoms with E-state index in [1.807, 2.05) is 22.7 Å². The van der Waals surface area contributed by atoms with Gasteiger partial charge >= 0.3 is 0 Å². The van der Waals surface area contributed by atoms with Crippen molar-refractivity contribution in [2.45, 2.75) is 0 Å². The molecule has 326 valence electrons. The number of fused-ring (bicyclic) bond motifs is 13. The maximum absolute atomic E-state index is 2.54. The van der Waals surface area contributed by atoms with Crippen molar-refractivity contribution in [3.8, 4) is 55.9 Å². The van der Waals surface area contributed by atoms with E-state index in [9.17, 15) is 0 Å². The highest BCUT2D eigenvalue weighted by molar-refractivity contribution is 7.26. The van der Waals surface area contributed by atoms with Gasteiger partial charge in [0.25, 0.3) is 0 Å². The van der Waals surface area contributed by atoms with Gasteiger partial charge in [0.2, 0.25) is 0 Å². The van der Waals surface area contributed by atoms with Crippen LogP contribution in [-0.2, 0) is 0 Å². The SMILES string of the molecule is c1ccc(-c2ccc3c(c2)c2c(ccc4c5cc(-c6ccccc6)ccc5n(-c5cccc(-c6ccc7sc8ccccc8c7c6)c5)c42)n3-c2cccc(-c3ccc4sc5ccccc5c4c3)c2)cc1. The van der Waals surface area contributed by atoms with Gasteiger partial charge in [-0.25, -0.2) is 0 Å². The highest BCUT2D eigenvalue weighted by Gasteiger charge is 2.23. The molecular formula is C66H40N2S2. The summed E-state index contributed by atoms with van der Waals surface area (Å²) in [7, 11) is 0. The van der Waals surface area contributed by atoms with Crippen LogP contribution in [0.1, 0.15) is 0 Å². The molecule has 0 saturated heterocycles. The Labute approximate surface area is 411 Å². The van der Waals surface area contributed by atoms with Crippen molar-refractivity contribution in [3.63, 3.8) is 0 Å². The van der Waals surface area contributed by atoms with E-state index in [4.69, 9.17) is 0 Å². The van der Waals surface area contributed by atoms with Crippen LogP contribution in [0.15, 0.2) is 243 Å². The molecule has 0 radical (unpaired) electrons. The standard InChI is InChI=1S/C66H40N2S2/c1-3-13-41(14-4-1)45-25-30-58-54(37-45)53-29-32-60-65(66(53)68(58)50-20-12-18-44(36-50)48-28-34-64-56(39-48)52-22-8-10-24-62(52)70-64)57-40-46(42-15-5-2-6-16-42)26-31-59(57)67(60)49-19-11-17-43(35-49)47-27-33-63-55(38-47)51-21-7-9-23-61(51)69-63/h1-40H. The molecule has 0 atom stereocenters. The van der Waals surface area contributed by atoms with Crippen LogP contribution in [-0.4, -0.2) is 9.13 Å². The van der Waals surface area contributed by atoms with E-state index in [1.165, 1.54) is 128 Å². The van der Waals surface area contributed by atoms with E-state index >= 15 is 0 Å². The lowest BCUT2D eigenvalue weighted by atomic mass is 10.0. The van der Waals surface area contributed by atoms with E-state index in [-0.39, 0.29) is 0 Å². The predicted molar refractivity (Wildman–Crippen MR) is 303 cm³/mol. The van der Waals surface area contributed by atoms with Crippen molar-refractivity contribution in [3.05, 3.63) is 243 Å². The summed E-state index contributed by atoms with van der Waals surface area (Å²) in [5.74, 6) is 0. The second-order valence-corrected chi connectivity index (χ2v) is 20.6. The topological polar surface area (TPSA) is 9.86 Å². The first-order valence-electron chi connectivity index (χ1n) is 23.9. The van der Waals surface area contributed by atoms with Crippen LogP contribution >= 0.6 is 22.7 Å². The number of thiophene rings is 2. The van der Waals surface area contributed by atoms with Crippen LogP contribution in [0.25, 0.3) is 140 Å². The molecule has 15 aromatic rings. The van der Waals surface area contributed by atoms with Gasteiger partial charge in [0.05, 0.1) is 22.1 Å². The Morgan fingerprint density at radius 3 is 1.23 bits per heavy atom. The minimum Gasteiger partial charge on any atom is -0.309 e. The first kappa shape index (κ1) is 39.5. The number of nitrogens with zero attached hydrogens (tertiary/aromatic N) is 2. The summed E-state index contributed by atoms with van der Waals surface area (Å²) in [6.07, 6.45) is 0. The highest BCUT2D eigenvalue weighted by Crippen LogP contribution is 2.45. The fourth-order valence-electron chi connectivity index (χ4n) is 11.2. The largest absolute Gasteiger partial charge is 0.309 e. The minimum atomic E-state index is 1.13. The zero-order valence-electron chi connectivity index (χ0n) is 37.8. The Bertz CT molecular complexity index is 4590. The average molecular weight is 925 g/mol. The van der Waals surface area contributed by atoms with Crippen LogP contribution in [0, 0.1) is 0 Å². The monoisotopic (exact) mass is 924 g/mol. The first-order chi connectivity index (χ1) is 34.7. The van der Waals surface area contributed by atoms with Gasteiger partial charge in [-0.2, -0.15) is 0 Å². The molecule has 0 saturated carbocycles. The third-order valence-corrected chi connectivity index (χ3v) is 16.8. The number of hydrogen-bond donors (Lipinski definition) is 0. The number of aromatic nitrogens is 2. The summed E-state index contributed by atoms with van der Waals surface area (Å²) in [6.45, 7) is 0. The minimum absolute atomic E-state index is 1.13. The molecule has 0 spiro atoms. The summed E-state index contributed by atoms with van der Waals surface area (Å²) < 4.78 is 10.3. The zero-order valence-corrected chi connectivity index (χ0v) is 39.4. The lowest BCUT2D eigenvalue weighted by Crippen LogP contribution is -1.96. The third kappa shape index (κ3) is 6.10. The van der Waals surface area contributed by atoms with Gasteiger partial charge in [-0.3, -0.25) is 0 Å². The van der Waals surface area contributed by atoms with Crippen LogP contribution in [0.5, 0.6) is 0 Å². The molecule has 4 heteroatoms. The molecule has 70 heavy (non-hydrogen) atoms. The molecule has 0 bridgehead atoms. The molecule has 11 aromatic carbocycles. The second kappa shape index (κ2) is 15.5. The molecular weight excluding hydrogens is 885 g/mol. The van der Waals surface area contributed by atoms with Gasteiger partial charge in [0, 0.05) is 73.3 Å². The summed E-state index contributed by atoms with van der Waals surface area (Å²) in [4.78, 5) is 0. The van der Waals surface area contributed by atoms with E-state index < -0.39 is 0 Å². The Morgan fingerprint density at radius 1 is 0.229 bits per heavy atom. The molecule has 15 rings (SSSR count). The molecule has 0 amide bonds. The smallest absolute Gasteiger partial charge is 0.0641 e. The Balaban J connectivity index is 1.01. The number of hydrogen-bond acceptors (Lipinski definition) is 2. The molecule has 0 N–H and O–H groups in total. The van der Waals surface area contributed by atoms with E-state index in [0.29, 0.717) is 0 Å². The normalized spacial score (nSPS) is 12.0. The molecule has 2 nitrogen and oxygen atoms in total. The molecule has 0 aliphatic heterocycles. The van der Waals surface area contributed by atoms with Crippen LogP contribution in [0.2, 0.25) is 0 Å². The van der Waals surface area contributed by atoms with Crippen molar-refractivity contribution in [1.29, 1.82) is 0 Å². The fourth-order valence-corrected chi connectivity index (χ4v) is 13.4. The lowest BCUT2D eigenvalue weighted by molar-refractivity contribution is 1.17. The first-order valence-corrected chi connectivity index (χ1v) is 25.5. The third-order valence-electron chi connectivity index (χ3n) is 14.5. The Kier molecular flexibility index (Phi) is 8.73. The molecule has 0 aliphatic rings. The van der Waals surface area contributed by atoms with Crippen LogP contribution in [0.3, 0.4) is 0 Å². The van der Waals surface area contributed by atoms with Gasteiger partial charge < -0.3 is 9.13 Å². The molecule has 4 heterocycles. The lowest BCUT2D eigenvalue weighted by Gasteiger charge is -2.12.